The molecule has 1 fully saturated rings. The fraction of sp³-hybridized carbons (Fsp3) is 0.316. The maximum atomic E-state index is 12.6. The van der Waals surface area contributed by atoms with Gasteiger partial charge in [0.1, 0.15) is 16.5 Å². The average molecular weight is 379 g/mol. The van der Waals surface area contributed by atoms with Crippen LogP contribution in [0.15, 0.2) is 42.5 Å². The minimum absolute atomic E-state index is 0.0611. The van der Waals surface area contributed by atoms with E-state index in [0.717, 1.165) is 26.1 Å². The van der Waals surface area contributed by atoms with E-state index in [2.05, 4.69) is 5.32 Å². The highest BCUT2D eigenvalue weighted by molar-refractivity contribution is 6.42. The van der Waals surface area contributed by atoms with E-state index >= 15 is 0 Å². The van der Waals surface area contributed by atoms with E-state index in [1.807, 2.05) is 11.9 Å². The lowest BCUT2D eigenvalue weighted by Crippen LogP contribution is -2.30. The standard InChI is InChI=1S/C19H20Cl2N2O2/c1-22-11-13-9-10-23(12-13)19(24)14-5-7-15(8-6-14)25-17-4-2-3-16(20)18(17)21/h2-8,13,22H,9-12H2,1H3. The van der Waals surface area contributed by atoms with Crippen LogP contribution in [0.5, 0.6) is 11.5 Å². The molecule has 132 valence electrons. The van der Waals surface area contributed by atoms with Crippen LogP contribution in [-0.2, 0) is 0 Å². The van der Waals surface area contributed by atoms with E-state index in [1.165, 1.54) is 0 Å². The highest BCUT2D eigenvalue weighted by Gasteiger charge is 2.26. The number of halogens is 2. The molecule has 2 aromatic carbocycles. The second kappa shape index (κ2) is 8.09. The Morgan fingerprint density at radius 2 is 2.00 bits per heavy atom. The van der Waals surface area contributed by atoms with Crippen molar-refractivity contribution in [1.82, 2.24) is 10.2 Å². The van der Waals surface area contributed by atoms with E-state index in [4.69, 9.17) is 27.9 Å². The summed E-state index contributed by atoms with van der Waals surface area (Å²) in [6, 6.07) is 12.3. The minimum atomic E-state index is 0.0611. The zero-order valence-corrected chi connectivity index (χ0v) is 15.5. The number of ether oxygens (including phenoxy) is 1. The van der Waals surface area contributed by atoms with Crippen molar-refractivity contribution in [3.63, 3.8) is 0 Å². The maximum Gasteiger partial charge on any atom is 0.253 e. The van der Waals surface area contributed by atoms with E-state index in [1.54, 1.807) is 42.5 Å². The van der Waals surface area contributed by atoms with Gasteiger partial charge in [-0.15, -0.1) is 0 Å². The first-order valence-electron chi connectivity index (χ1n) is 8.24. The Hall–Kier alpha value is -1.75. The van der Waals surface area contributed by atoms with Crippen molar-refractivity contribution < 1.29 is 9.53 Å². The van der Waals surface area contributed by atoms with Crippen LogP contribution < -0.4 is 10.1 Å². The maximum absolute atomic E-state index is 12.6. The quantitative estimate of drug-likeness (QED) is 0.834. The zero-order valence-electron chi connectivity index (χ0n) is 14.0. The molecular weight excluding hydrogens is 359 g/mol. The zero-order chi connectivity index (χ0) is 17.8. The normalized spacial score (nSPS) is 16.9. The average Bonchev–Trinajstić information content (AvgIpc) is 3.08. The molecule has 4 nitrogen and oxygen atoms in total. The van der Waals surface area contributed by atoms with Crippen LogP contribution in [0, 0.1) is 5.92 Å². The van der Waals surface area contributed by atoms with Crippen LogP contribution in [0.1, 0.15) is 16.8 Å². The molecule has 1 amide bonds. The van der Waals surface area contributed by atoms with Gasteiger partial charge in [-0.25, -0.2) is 0 Å². The Labute approximate surface area is 157 Å². The molecular formula is C19H20Cl2N2O2. The van der Waals surface area contributed by atoms with Gasteiger partial charge >= 0.3 is 0 Å². The molecule has 1 aliphatic heterocycles. The van der Waals surface area contributed by atoms with Crippen molar-refractivity contribution in [3.05, 3.63) is 58.1 Å². The Morgan fingerprint density at radius 3 is 2.72 bits per heavy atom. The van der Waals surface area contributed by atoms with E-state index < -0.39 is 0 Å². The number of hydrogen-bond donors (Lipinski definition) is 1. The molecule has 3 rings (SSSR count). The van der Waals surface area contributed by atoms with Gasteiger partial charge in [0.15, 0.2) is 0 Å². The summed E-state index contributed by atoms with van der Waals surface area (Å²) in [5.41, 5.74) is 0.662. The molecule has 1 atom stereocenters. The highest BCUT2D eigenvalue weighted by Crippen LogP contribution is 2.34. The molecule has 1 N–H and O–H groups in total. The van der Waals surface area contributed by atoms with Gasteiger partial charge in [-0.2, -0.15) is 0 Å². The van der Waals surface area contributed by atoms with Crippen molar-refractivity contribution in [2.24, 2.45) is 5.92 Å². The molecule has 0 saturated carbocycles. The third kappa shape index (κ3) is 4.27. The molecule has 1 heterocycles. The van der Waals surface area contributed by atoms with Crippen molar-refractivity contribution in [2.75, 3.05) is 26.7 Å². The molecule has 0 aromatic heterocycles. The van der Waals surface area contributed by atoms with Crippen molar-refractivity contribution in [3.8, 4) is 11.5 Å². The number of nitrogens with zero attached hydrogens (tertiary/aromatic N) is 1. The Bertz CT molecular complexity index is 750. The summed E-state index contributed by atoms with van der Waals surface area (Å²) in [7, 11) is 1.94. The Balaban J connectivity index is 1.66. The summed E-state index contributed by atoms with van der Waals surface area (Å²) in [6.45, 7) is 2.55. The summed E-state index contributed by atoms with van der Waals surface area (Å²) in [5.74, 6) is 1.69. The second-order valence-electron chi connectivity index (χ2n) is 6.14. The summed E-state index contributed by atoms with van der Waals surface area (Å²) < 4.78 is 5.75. The number of nitrogens with one attached hydrogen (secondary N) is 1. The predicted octanol–water partition coefficient (Wildman–Crippen LogP) is 4.47. The molecule has 0 radical (unpaired) electrons. The Kier molecular flexibility index (Phi) is 5.84. The fourth-order valence-corrected chi connectivity index (χ4v) is 3.34. The molecule has 0 aliphatic carbocycles. The van der Waals surface area contributed by atoms with Crippen LogP contribution in [0.4, 0.5) is 0 Å². The number of carbonyl (C=O) groups is 1. The van der Waals surface area contributed by atoms with Crippen LogP contribution in [0.25, 0.3) is 0 Å². The molecule has 1 saturated heterocycles. The Morgan fingerprint density at radius 1 is 1.24 bits per heavy atom. The van der Waals surface area contributed by atoms with Gasteiger partial charge in [0.05, 0.1) is 5.02 Å². The number of benzene rings is 2. The highest BCUT2D eigenvalue weighted by atomic mass is 35.5. The number of amides is 1. The molecule has 0 bridgehead atoms. The van der Waals surface area contributed by atoms with Crippen LogP contribution >= 0.6 is 23.2 Å². The molecule has 1 aliphatic rings. The SMILES string of the molecule is CNCC1CCN(C(=O)c2ccc(Oc3cccc(Cl)c3Cl)cc2)C1. The van der Waals surface area contributed by atoms with Gasteiger partial charge in [0.25, 0.3) is 5.91 Å². The van der Waals surface area contributed by atoms with E-state index in [0.29, 0.717) is 33.0 Å². The van der Waals surface area contributed by atoms with E-state index in [-0.39, 0.29) is 5.91 Å². The lowest BCUT2D eigenvalue weighted by atomic mass is 10.1. The monoisotopic (exact) mass is 378 g/mol. The summed E-state index contributed by atoms with van der Waals surface area (Å²) in [6.07, 6.45) is 1.04. The van der Waals surface area contributed by atoms with Crippen LogP contribution in [0.3, 0.4) is 0 Å². The molecule has 25 heavy (non-hydrogen) atoms. The van der Waals surface area contributed by atoms with Gasteiger partial charge in [-0.1, -0.05) is 29.3 Å². The van der Waals surface area contributed by atoms with Crippen LogP contribution in [-0.4, -0.2) is 37.5 Å². The van der Waals surface area contributed by atoms with Crippen molar-refractivity contribution >= 4 is 29.1 Å². The molecule has 1 unspecified atom stereocenters. The smallest absolute Gasteiger partial charge is 0.253 e. The number of hydrogen-bond acceptors (Lipinski definition) is 3. The topological polar surface area (TPSA) is 41.6 Å². The predicted molar refractivity (Wildman–Crippen MR) is 101 cm³/mol. The minimum Gasteiger partial charge on any atom is -0.456 e. The molecule has 0 spiro atoms. The van der Waals surface area contributed by atoms with Crippen molar-refractivity contribution in [2.45, 2.75) is 6.42 Å². The van der Waals surface area contributed by atoms with E-state index in [9.17, 15) is 4.79 Å². The van der Waals surface area contributed by atoms with Crippen molar-refractivity contribution in [1.29, 1.82) is 0 Å². The first kappa shape index (κ1) is 18.1. The first-order chi connectivity index (χ1) is 12.1. The lowest BCUT2D eigenvalue weighted by Gasteiger charge is -2.17. The lowest BCUT2D eigenvalue weighted by molar-refractivity contribution is 0.0787. The third-order valence-electron chi connectivity index (χ3n) is 4.31. The van der Waals surface area contributed by atoms with Gasteiger partial charge in [0.2, 0.25) is 0 Å². The summed E-state index contributed by atoms with van der Waals surface area (Å²) in [5, 5.41) is 3.99. The largest absolute Gasteiger partial charge is 0.456 e. The van der Waals surface area contributed by atoms with Gasteiger partial charge < -0.3 is 15.0 Å². The van der Waals surface area contributed by atoms with Gasteiger partial charge in [-0.3, -0.25) is 4.79 Å². The van der Waals surface area contributed by atoms with Crippen LogP contribution in [0.2, 0.25) is 10.0 Å². The summed E-state index contributed by atoms with van der Waals surface area (Å²) in [4.78, 5) is 14.5. The third-order valence-corrected chi connectivity index (χ3v) is 5.11. The van der Waals surface area contributed by atoms with Gasteiger partial charge in [-0.05, 0) is 62.3 Å². The van der Waals surface area contributed by atoms with Gasteiger partial charge in [0, 0.05) is 18.7 Å². The first-order valence-corrected chi connectivity index (χ1v) is 9.00. The molecule has 6 heteroatoms. The molecule has 2 aromatic rings. The second-order valence-corrected chi connectivity index (χ2v) is 6.93. The summed E-state index contributed by atoms with van der Waals surface area (Å²) >= 11 is 12.1. The number of likely N-dealkylation sites (tertiary alicyclic amines) is 1. The number of carbonyl (C=O) groups excluding carboxylic acids is 1. The fourth-order valence-electron chi connectivity index (χ4n) is 3.01. The number of rotatable bonds is 5.